The summed E-state index contributed by atoms with van der Waals surface area (Å²) in [6, 6.07) is 17.3. The monoisotopic (exact) mass is 477 g/mol. The van der Waals surface area contributed by atoms with Gasteiger partial charge in [0.2, 0.25) is 5.91 Å². The zero-order chi connectivity index (χ0) is 24.2. The smallest absolute Gasteiger partial charge is 0.270 e. The summed E-state index contributed by atoms with van der Waals surface area (Å²) in [6.45, 7) is 4.34. The molecule has 176 valence electrons. The predicted molar refractivity (Wildman–Crippen MR) is 132 cm³/mol. The number of amides is 2. The van der Waals surface area contributed by atoms with Gasteiger partial charge in [-0.3, -0.25) is 19.7 Å². The van der Waals surface area contributed by atoms with Crippen molar-refractivity contribution in [2.45, 2.75) is 38.8 Å². The fourth-order valence-corrected chi connectivity index (χ4v) is 5.29. The maximum atomic E-state index is 13.7. The maximum absolute atomic E-state index is 13.7. The van der Waals surface area contributed by atoms with Gasteiger partial charge in [0.25, 0.3) is 11.6 Å². The number of hydrogen-bond acceptors (Lipinski definition) is 5. The van der Waals surface area contributed by atoms with Crippen molar-refractivity contribution in [1.29, 1.82) is 0 Å². The minimum Gasteiger partial charge on any atom is -0.330 e. The summed E-state index contributed by atoms with van der Waals surface area (Å²) >= 11 is 1.71. The molecule has 2 heterocycles. The molecule has 0 saturated carbocycles. The van der Waals surface area contributed by atoms with Crippen molar-refractivity contribution < 1.29 is 14.5 Å². The second-order valence-electron chi connectivity index (χ2n) is 8.45. The van der Waals surface area contributed by atoms with Crippen molar-refractivity contribution in [2.24, 2.45) is 0 Å². The van der Waals surface area contributed by atoms with Gasteiger partial charge in [-0.25, -0.2) is 0 Å². The third-order valence-electron chi connectivity index (χ3n) is 6.39. The molecule has 1 aromatic heterocycles. The van der Waals surface area contributed by atoms with Gasteiger partial charge >= 0.3 is 0 Å². The molecule has 0 saturated heterocycles. The zero-order valence-corrected chi connectivity index (χ0v) is 20.0. The van der Waals surface area contributed by atoms with Gasteiger partial charge in [-0.2, -0.15) is 0 Å². The third kappa shape index (κ3) is 4.72. The molecule has 2 amide bonds. The number of nitro groups is 1. The van der Waals surface area contributed by atoms with Crippen molar-refractivity contribution in [1.82, 2.24) is 9.80 Å². The minimum absolute atomic E-state index is 0.0840. The van der Waals surface area contributed by atoms with Gasteiger partial charge < -0.3 is 9.80 Å². The first kappa shape index (κ1) is 23.6. The lowest BCUT2D eigenvalue weighted by Gasteiger charge is -2.38. The molecule has 0 fully saturated rings. The van der Waals surface area contributed by atoms with Crippen LogP contribution in [0, 0.1) is 10.1 Å². The molecule has 2 aromatic carbocycles. The van der Waals surface area contributed by atoms with E-state index < -0.39 is 4.92 Å². The molecule has 2 atom stereocenters. The molecular formula is C26H27N3O4S. The largest absolute Gasteiger partial charge is 0.330 e. The molecule has 7 nitrogen and oxygen atoms in total. The van der Waals surface area contributed by atoms with Gasteiger partial charge in [-0.1, -0.05) is 43.3 Å². The van der Waals surface area contributed by atoms with Crippen LogP contribution in [0.5, 0.6) is 0 Å². The number of hydrogen-bond donors (Lipinski definition) is 0. The molecule has 0 bridgehead atoms. The quantitative estimate of drug-likeness (QED) is 0.351. The summed E-state index contributed by atoms with van der Waals surface area (Å²) in [5.74, 6) is -0.513. The van der Waals surface area contributed by atoms with Crippen LogP contribution in [0.2, 0.25) is 0 Å². The molecule has 1 aliphatic heterocycles. The van der Waals surface area contributed by atoms with Gasteiger partial charge in [0, 0.05) is 35.2 Å². The number of benzene rings is 2. The summed E-state index contributed by atoms with van der Waals surface area (Å²) < 4.78 is 0. The van der Waals surface area contributed by atoms with Crippen LogP contribution in [0.1, 0.15) is 52.7 Å². The van der Waals surface area contributed by atoms with Crippen molar-refractivity contribution in [3.63, 3.8) is 0 Å². The molecule has 1 aliphatic rings. The molecule has 34 heavy (non-hydrogen) atoms. The lowest BCUT2D eigenvalue weighted by atomic mass is 9.93. The van der Waals surface area contributed by atoms with Crippen LogP contribution >= 0.6 is 11.3 Å². The van der Waals surface area contributed by atoms with Gasteiger partial charge in [0.15, 0.2) is 0 Å². The van der Waals surface area contributed by atoms with E-state index in [9.17, 15) is 19.7 Å². The highest BCUT2D eigenvalue weighted by Crippen LogP contribution is 2.37. The predicted octanol–water partition coefficient (Wildman–Crippen LogP) is 5.07. The Balaban J connectivity index is 1.63. The SMILES string of the molecule is CC[C@H](C)N(CC(=O)N1CCc2sccc2[C@@H]1c1ccccc1)C(=O)c1cccc([N+](=O)[O-])c1. The van der Waals surface area contributed by atoms with Crippen LogP contribution in [0.3, 0.4) is 0 Å². The minimum atomic E-state index is -0.522. The lowest BCUT2D eigenvalue weighted by molar-refractivity contribution is -0.384. The Morgan fingerprint density at radius 1 is 1.18 bits per heavy atom. The third-order valence-corrected chi connectivity index (χ3v) is 7.39. The van der Waals surface area contributed by atoms with Crippen molar-refractivity contribution in [3.05, 3.63) is 97.7 Å². The van der Waals surface area contributed by atoms with Crippen LogP contribution in [0.4, 0.5) is 5.69 Å². The Morgan fingerprint density at radius 2 is 1.94 bits per heavy atom. The fraction of sp³-hybridized carbons (Fsp3) is 0.308. The summed E-state index contributed by atoms with van der Waals surface area (Å²) in [4.78, 5) is 42.4. The second kappa shape index (κ2) is 10.2. The first-order valence-electron chi connectivity index (χ1n) is 11.4. The number of thiophene rings is 1. The summed E-state index contributed by atoms with van der Waals surface area (Å²) in [5, 5.41) is 13.3. The highest BCUT2D eigenvalue weighted by molar-refractivity contribution is 7.10. The van der Waals surface area contributed by atoms with Crippen LogP contribution in [-0.2, 0) is 11.2 Å². The summed E-state index contributed by atoms with van der Waals surface area (Å²) in [7, 11) is 0. The van der Waals surface area contributed by atoms with E-state index in [1.807, 2.05) is 49.1 Å². The highest BCUT2D eigenvalue weighted by Gasteiger charge is 2.34. The molecule has 8 heteroatoms. The topological polar surface area (TPSA) is 83.8 Å². The first-order chi connectivity index (χ1) is 16.4. The number of nitrogens with zero attached hydrogens (tertiary/aromatic N) is 3. The average molecular weight is 478 g/mol. The number of carbonyl (C=O) groups excluding carboxylic acids is 2. The van der Waals surface area contributed by atoms with Crippen LogP contribution in [0.15, 0.2) is 66.0 Å². The number of rotatable bonds is 7. The van der Waals surface area contributed by atoms with Gasteiger partial charge in [-0.15, -0.1) is 11.3 Å². The number of nitro benzene ring substituents is 1. The summed E-state index contributed by atoms with van der Waals surface area (Å²) in [6.07, 6.45) is 1.44. The Morgan fingerprint density at radius 3 is 2.65 bits per heavy atom. The lowest BCUT2D eigenvalue weighted by Crippen LogP contribution is -2.49. The Bertz CT molecular complexity index is 1190. The molecule has 0 radical (unpaired) electrons. The van der Waals surface area contributed by atoms with Crippen molar-refractivity contribution in [3.8, 4) is 0 Å². The molecule has 0 spiro atoms. The number of fused-ring (bicyclic) bond motifs is 1. The van der Waals surface area contributed by atoms with E-state index in [2.05, 4.69) is 11.4 Å². The Hall–Kier alpha value is -3.52. The van der Waals surface area contributed by atoms with E-state index in [0.717, 1.165) is 17.5 Å². The van der Waals surface area contributed by atoms with Crippen LogP contribution < -0.4 is 0 Å². The molecular weight excluding hydrogens is 450 g/mol. The van der Waals surface area contributed by atoms with E-state index in [4.69, 9.17) is 0 Å². The van der Waals surface area contributed by atoms with E-state index >= 15 is 0 Å². The van der Waals surface area contributed by atoms with Gasteiger partial charge in [0.05, 0.1) is 11.0 Å². The Kier molecular flexibility index (Phi) is 7.07. The van der Waals surface area contributed by atoms with E-state index in [-0.39, 0.29) is 41.7 Å². The fourth-order valence-electron chi connectivity index (χ4n) is 4.38. The standard InChI is InChI=1S/C26H27N3O4S/c1-3-18(2)28(26(31)20-10-7-11-21(16-20)29(32)33)17-24(30)27-14-12-23-22(13-15-34-23)25(27)19-8-5-4-6-9-19/h4-11,13,15-16,18,25H,3,12,14,17H2,1-2H3/t18-,25-/m0/s1. The molecule has 4 rings (SSSR count). The first-order valence-corrected chi connectivity index (χ1v) is 12.2. The molecule has 0 unspecified atom stereocenters. The second-order valence-corrected chi connectivity index (χ2v) is 9.45. The molecule has 3 aromatic rings. The van der Waals surface area contributed by atoms with Gasteiger partial charge in [0.1, 0.15) is 6.54 Å². The van der Waals surface area contributed by atoms with Crippen LogP contribution in [-0.4, -0.2) is 45.7 Å². The Labute approximate surface area is 202 Å². The van der Waals surface area contributed by atoms with E-state index in [1.165, 1.54) is 28.0 Å². The molecule has 0 aliphatic carbocycles. The average Bonchev–Trinajstić information content (AvgIpc) is 3.35. The van der Waals surface area contributed by atoms with E-state index in [0.29, 0.717) is 13.0 Å². The van der Waals surface area contributed by atoms with Gasteiger partial charge in [-0.05, 0) is 48.4 Å². The maximum Gasteiger partial charge on any atom is 0.270 e. The van der Waals surface area contributed by atoms with Crippen LogP contribution in [0.25, 0.3) is 0 Å². The van der Waals surface area contributed by atoms with Crippen molar-refractivity contribution >= 4 is 28.8 Å². The molecule has 0 N–H and O–H groups in total. The number of non-ortho nitro benzene ring substituents is 1. The van der Waals surface area contributed by atoms with E-state index in [1.54, 1.807) is 17.4 Å². The number of carbonyl (C=O) groups is 2. The summed E-state index contributed by atoms with van der Waals surface area (Å²) in [5.41, 5.74) is 2.23. The highest BCUT2D eigenvalue weighted by atomic mass is 32.1. The normalized spacial score (nSPS) is 15.9. The van der Waals surface area contributed by atoms with Crippen molar-refractivity contribution in [2.75, 3.05) is 13.1 Å². The zero-order valence-electron chi connectivity index (χ0n) is 19.2.